The summed E-state index contributed by atoms with van der Waals surface area (Å²) in [4.78, 5) is 24.4. The van der Waals surface area contributed by atoms with Crippen molar-refractivity contribution in [3.63, 3.8) is 0 Å². The maximum atomic E-state index is 12.8. The zero-order chi connectivity index (χ0) is 17.8. The van der Waals surface area contributed by atoms with Crippen molar-refractivity contribution in [1.82, 2.24) is 0 Å². The third-order valence-electron chi connectivity index (χ3n) is 3.49. The van der Waals surface area contributed by atoms with Crippen LogP contribution in [0.3, 0.4) is 0 Å². The second-order valence-electron chi connectivity index (χ2n) is 5.19. The van der Waals surface area contributed by atoms with E-state index in [-0.39, 0.29) is 30.1 Å². The first-order chi connectivity index (χ1) is 12.1. The predicted octanol–water partition coefficient (Wildman–Crippen LogP) is 4.06. The zero-order valence-corrected chi connectivity index (χ0v) is 14.2. The van der Waals surface area contributed by atoms with E-state index in [0.717, 1.165) is 0 Å². The quantitative estimate of drug-likeness (QED) is 0.643. The number of esters is 1. The van der Waals surface area contributed by atoms with Crippen molar-refractivity contribution in [3.05, 3.63) is 63.8 Å². The van der Waals surface area contributed by atoms with Crippen LogP contribution in [0.25, 0.3) is 22.3 Å². The zero-order valence-electron chi connectivity index (χ0n) is 13.5. The molecule has 3 aromatic rings. The van der Waals surface area contributed by atoms with Crippen molar-refractivity contribution >= 4 is 28.5 Å². The molecule has 3 rings (SSSR count). The summed E-state index contributed by atoms with van der Waals surface area (Å²) in [5.41, 5.74) is 0.652. The van der Waals surface area contributed by atoms with Crippen LogP contribution in [0.4, 0.5) is 0 Å². The van der Waals surface area contributed by atoms with Crippen molar-refractivity contribution < 1.29 is 18.7 Å². The van der Waals surface area contributed by atoms with Gasteiger partial charge in [0, 0.05) is 10.6 Å². The van der Waals surface area contributed by atoms with E-state index in [4.69, 9.17) is 25.5 Å². The number of fused-ring (bicyclic) bond motifs is 1. The number of hydrogen-bond donors (Lipinski definition) is 0. The molecular weight excluding hydrogens is 344 g/mol. The highest BCUT2D eigenvalue weighted by atomic mass is 35.5. The number of ether oxygens (including phenoxy) is 2. The van der Waals surface area contributed by atoms with E-state index < -0.39 is 11.4 Å². The summed E-state index contributed by atoms with van der Waals surface area (Å²) < 4.78 is 16.2. The monoisotopic (exact) mass is 358 g/mol. The molecule has 1 heterocycles. The number of carbonyl (C=O) groups is 1. The summed E-state index contributed by atoms with van der Waals surface area (Å²) in [6, 6.07) is 13.8. The Morgan fingerprint density at radius 3 is 2.64 bits per heavy atom. The third kappa shape index (κ3) is 3.67. The molecule has 128 valence electrons. The lowest BCUT2D eigenvalue weighted by Gasteiger charge is -2.11. The maximum Gasteiger partial charge on any atom is 0.344 e. The topological polar surface area (TPSA) is 65.7 Å². The van der Waals surface area contributed by atoms with Gasteiger partial charge >= 0.3 is 5.97 Å². The molecule has 0 radical (unpaired) electrons. The van der Waals surface area contributed by atoms with Gasteiger partial charge in [-0.3, -0.25) is 4.79 Å². The van der Waals surface area contributed by atoms with E-state index in [1.54, 1.807) is 31.2 Å². The molecule has 5 nitrogen and oxygen atoms in total. The Morgan fingerprint density at radius 2 is 1.92 bits per heavy atom. The van der Waals surface area contributed by atoms with Crippen LogP contribution in [0.5, 0.6) is 5.75 Å². The van der Waals surface area contributed by atoms with Crippen molar-refractivity contribution in [2.75, 3.05) is 13.2 Å². The molecule has 25 heavy (non-hydrogen) atoms. The van der Waals surface area contributed by atoms with Gasteiger partial charge in [-0.15, -0.1) is 0 Å². The lowest BCUT2D eigenvalue weighted by molar-refractivity contribution is -0.145. The average Bonchev–Trinajstić information content (AvgIpc) is 2.62. The molecule has 2 aromatic carbocycles. The molecule has 0 atom stereocenters. The summed E-state index contributed by atoms with van der Waals surface area (Å²) >= 11 is 5.97. The van der Waals surface area contributed by atoms with Gasteiger partial charge in [0.2, 0.25) is 11.2 Å². The average molecular weight is 359 g/mol. The molecule has 0 bridgehead atoms. The molecule has 0 fully saturated rings. The highest BCUT2D eigenvalue weighted by Gasteiger charge is 2.19. The Kier molecular flexibility index (Phi) is 5.05. The Balaban J connectivity index is 2.14. The molecule has 0 N–H and O–H groups in total. The highest BCUT2D eigenvalue weighted by molar-refractivity contribution is 6.31. The van der Waals surface area contributed by atoms with Crippen molar-refractivity contribution in [1.29, 1.82) is 0 Å². The van der Waals surface area contributed by atoms with Crippen molar-refractivity contribution in [2.24, 2.45) is 0 Å². The van der Waals surface area contributed by atoms with Gasteiger partial charge in [0.15, 0.2) is 12.4 Å². The van der Waals surface area contributed by atoms with Crippen molar-refractivity contribution in [2.45, 2.75) is 6.92 Å². The van der Waals surface area contributed by atoms with Gasteiger partial charge < -0.3 is 13.9 Å². The summed E-state index contributed by atoms with van der Waals surface area (Å²) in [6.07, 6.45) is 0. The molecule has 0 unspecified atom stereocenters. The molecule has 0 saturated heterocycles. The lowest BCUT2D eigenvalue weighted by atomic mass is 10.1. The van der Waals surface area contributed by atoms with Gasteiger partial charge in [-0.25, -0.2) is 4.79 Å². The largest absolute Gasteiger partial charge is 0.474 e. The lowest BCUT2D eigenvalue weighted by Crippen LogP contribution is -2.18. The van der Waals surface area contributed by atoms with Crippen LogP contribution in [0, 0.1) is 0 Å². The first kappa shape index (κ1) is 17.0. The van der Waals surface area contributed by atoms with Crippen LogP contribution in [0.1, 0.15) is 6.92 Å². The van der Waals surface area contributed by atoms with Crippen LogP contribution in [0.15, 0.2) is 57.7 Å². The molecule has 0 spiro atoms. The summed E-state index contributed by atoms with van der Waals surface area (Å²) in [5.74, 6) is -0.356. The first-order valence-electron chi connectivity index (χ1n) is 7.70. The number of benzene rings is 2. The fourth-order valence-corrected chi connectivity index (χ4v) is 2.57. The highest BCUT2D eigenvalue weighted by Crippen LogP contribution is 2.31. The van der Waals surface area contributed by atoms with Gasteiger partial charge in [-0.05, 0) is 25.1 Å². The molecular formula is C19H15ClO5. The Hall–Kier alpha value is -2.79. The third-order valence-corrected chi connectivity index (χ3v) is 3.72. The molecule has 1 aromatic heterocycles. The van der Waals surface area contributed by atoms with E-state index in [2.05, 4.69) is 0 Å². The van der Waals surface area contributed by atoms with Gasteiger partial charge in [0.1, 0.15) is 5.58 Å². The molecule has 0 saturated carbocycles. The number of rotatable bonds is 5. The van der Waals surface area contributed by atoms with Crippen LogP contribution in [-0.2, 0) is 9.53 Å². The van der Waals surface area contributed by atoms with Gasteiger partial charge in [-0.2, -0.15) is 0 Å². The van der Waals surface area contributed by atoms with E-state index in [0.29, 0.717) is 16.2 Å². The fraction of sp³-hybridized carbons (Fsp3) is 0.158. The van der Waals surface area contributed by atoms with E-state index >= 15 is 0 Å². The number of hydrogen-bond acceptors (Lipinski definition) is 5. The number of carbonyl (C=O) groups excluding carboxylic acids is 1. The molecule has 6 heteroatoms. The molecule has 0 amide bonds. The molecule has 0 aliphatic carbocycles. The first-order valence-corrected chi connectivity index (χ1v) is 8.08. The minimum Gasteiger partial charge on any atom is -0.474 e. The smallest absolute Gasteiger partial charge is 0.344 e. The summed E-state index contributed by atoms with van der Waals surface area (Å²) in [7, 11) is 0. The van der Waals surface area contributed by atoms with Gasteiger partial charge in [0.05, 0.1) is 12.0 Å². The van der Waals surface area contributed by atoms with Crippen molar-refractivity contribution in [3.8, 4) is 17.1 Å². The van der Waals surface area contributed by atoms with Crippen LogP contribution >= 0.6 is 11.6 Å². The molecule has 0 aliphatic heterocycles. The summed E-state index contributed by atoms with van der Waals surface area (Å²) in [6.45, 7) is 1.54. The van der Waals surface area contributed by atoms with Crippen LogP contribution in [-0.4, -0.2) is 19.2 Å². The van der Waals surface area contributed by atoms with Gasteiger partial charge in [0.25, 0.3) is 0 Å². The van der Waals surface area contributed by atoms with E-state index in [9.17, 15) is 9.59 Å². The Morgan fingerprint density at radius 1 is 1.16 bits per heavy atom. The Labute approximate surface area is 148 Å². The predicted molar refractivity (Wildman–Crippen MR) is 95.1 cm³/mol. The minimum atomic E-state index is -0.563. The standard InChI is InChI=1S/C19H15ClO5/c1-2-23-16(21)11-24-19-17(22)14-10-13(20)8-9-15(14)25-18(19)12-6-4-3-5-7-12/h3-10H,2,11H2,1H3. The van der Waals surface area contributed by atoms with Crippen LogP contribution < -0.4 is 10.2 Å². The minimum absolute atomic E-state index is 0.0472. The van der Waals surface area contributed by atoms with E-state index in [1.165, 1.54) is 6.07 Å². The fourth-order valence-electron chi connectivity index (χ4n) is 2.39. The SMILES string of the molecule is CCOC(=O)COc1c(-c2ccccc2)oc2ccc(Cl)cc2c1=O. The van der Waals surface area contributed by atoms with Gasteiger partial charge in [-0.1, -0.05) is 41.9 Å². The Bertz CT molecular complexity index is 963. The maximum absolute atomic E-state index is 12.8. The van der Waals surface area contributed by atoms with Crippen LogP contribution in [0.2, 0.25) is 5.02 Å². The number of halogens is 1. The second-order valence-corrected chi connectivity index (χ2v) is 5.63. The van der Waals surface area contributed by atoms with E-state index in [1.807, 2.05) is 18.2 Å². The molecule has 0 aliphatic rings. The summed E-state index contributed by atoms with van der Waals surface area (Å²) in [5, 5.41) is 0.689. The normalized spacial score (nSPS) is 10.6. The second kappa shape index (κ2) is 7.40.